The number of benzene rings is 4. The molecule has 0 radical (unpaired) electrons. The van der Waals surface area contributed by atoms with Crippen molar-refractivity contribution >= 4 is 70.4 Å². The Bertz CT molecular complexity index is 1800. The second kappa shape index (κ2) is 15.6. The maximum atomic E-state index is 12.4. The highest BCUT2D eigenvalue weighted by Gasteiger charge is 2.22. The molecule has 0 amide bonds. The summed E-state index contributed by atoms with van der Waals surface area (Å²) < 4.78 is 11.0. The van der Waals surface area contributed by atoms with Crippen LogP contribution >= 0.6 is 23.5 Å². The molecule has 0 spiro atoms. The molecule has 0 aliphatic carbocycles. The van der Waals surface area contributed by atoms with Crippen LogP contribution in [0.4, 0.5) is 22.7 Å². The van der Waals surface area contributed by atoms with Crippen molar-refractivity contribution in [2.75, 3.05) is 76.4 Å². The van der Waals surface area contributed by atoms with E-state index in [0.717, 1.165) is 58.5 Å². The van der Waals surface area contributed by atoms with Crippen molar-refractivity contribution in [3.63, 3.8) is 0 Å². The summed E-state index contributed by atoms with van der Waals surface area (Å²) in [4.78, 5) is 38.6. The molecule has 4 aromatic carbocycles. The third-order valence-electron chi connectivity index (χ3n) is 9.18. The van der Waals surface area contributed by atoms with Gasteiger partial charge >= 0.3 is 11.9 Å². The lowest BCUT2D eigenvalue weighted by atomic mass is 10.1. The first kappa shape index (κ1) is 34.0. The molecule has 0 unspecified atom stereocenters. The number of para-hydroxylation sites is 2. The van der Waals surface area contributed by atoms with Crippen LogP contribution in [0.1, 0.15) is 11.1 Å². The Balaban J connectivity index is 0.781. The predicted molar refractivity (Wildman–Crippen MR) is 203 cm³/mol. The van der Waals surface area contributed by atoms with Crippen molar-refractivity contribution in [1.82, 2.24) is 9.80 Å². The van der Waals surface area contributed by atoms with Crippen molar-refractivity contribution in [2.45, 2.75) is 19.6 Å². The van der Waals surface area contributed by atoms with Crippen molar-refractivity contribution in [2.24, 2.45) is 0 Å². The zero-order valence-corrected chi connectivity index (χ0v) is 29.9. The molecule has 50 heavy (non-hydrogen) atoms. The summed E-state index contributed by atoms with van der Waals surface area (Å²) in [7, 11) is 4.16. The quantitative estimate of drug-likeness (QED) is 0.122. The summed E-state index contributed by atoms with van der Waals surface area (Å²) in [5, 5.41) is 0. The van der Waals surface area contributed by atoms with Gasteiger partial charge in [0.15, 0.2) is 0 Å². The molecule has 1 fully saturated rings. The van der Waals surface area contributed by atoms with Crippen LogP contribution in [0.25, 0.3) is 12.2 Å². The minimum Gasteiger partial charge on any atom is -0.461 e. The van der Waals surface area contributed by atoms with Gasteiger partial charge in [0.25, 0.3) is 0 Å². The van der Waals surface area contributed by atoms with Crippen LogP contribution in [0.2, 0.25) is 0 Å². The van der Waals surface area contributed by atoms with Gasteiger partial charge in [0.05, 0.1) is 22.7 Å². The Morgan fingerprint density at radius 1 is 0.580 bits per heavy atom. The average molecular weight is 705 g/mol. The molecule has 1 saturated heterocycles. The fourth-order valence-electron chi connectivity index (χ4n) is 6.34. The molecular weight excluding hydrogens is 665 g/mol. The molecule has 0 atom stereocenters. The van der Waals surface area contributed by atoms with E-state index in [2.05, 4.69) is 106 Å². The minimum absolute atomic E-state index is 0.337. The number of hydrogen-bond donors (Lipinski definition) is 0. The lowest BCUT2D eigenvalue weighted by Gasteiger charge is -2.34. The van der Waals surface area contributed by atoms with E-state index in [-0.39, 0.29) is 11.9 Å². The van der Waals surface area contributed by atoms with Gasteiger partial charge in [-0.05, 0) is 71.8 Å². The van der Waals surface area contributed by atoms with Gasteiger partial charge in [-0.25, -0.2) is 9.59 Å². The largest absolute Gasteiger partial charge is 0.461 e. The van der Waals surface area contributed by atoms with E-state index in [1.807, 2.05) is 24.3 Å². The van der Waals surface area contributed by atoms with E-state index in [9.17, 15) is 9.59 Å². The molecule has 8 nitrogen and oxygen atoms in total. The SMILES string of the molecule is CN1c2ccccc2Sc2cc(/C=C/C(=O)OCCN3CCN(CCOC(=O)/C=C/c4ccc5c(c4)Sc4ccccc4N5C)CC3)ccc21. The van der Waals surface area contributed by atoms with Crippen molar-refractivity contribution in [3.05, 3.63) is 108 Å². The molecule has 0 bridgehead atoms. The molecule has 4 aromatic rings. The van der Waals surface area contributed by atoms with Crippen molar-refractivity contribution < 1.29 is 19.1 Å². The number of esters is 2. The third kappa shape index (κ3) is 7.94. The lowest BCUT2D eigenvalue weighted by molar-refractivity contribution is -0.139. The summed E-state index contributed by atoms with van der Waals surface area (Å²) in [6.07, 6.45) is 6.64. The number of fused-ring (bicyclic) bond motifs is 4. The van der Waals surface area contributed by atoms with Gasteiger partial charge in [0, 0.05) is 85.1 Å². The Morgan fingerprint density at radius 2 is 0.980 bits per heavy atom. The molecule has 10 heteroatoms. The highest BCUT2D eigenvalue weighted by atomic mass is 32.2. The average Bonchev–Trinajstić information content (AvgIpc) is 3.14. The zero-order chi connectivity index (χ0) is 34.5. The monoisotopic (exact) mass is 704 g/mol. The smallest absolute Gasteiger partial charge is 0.330 e. The molecule has 7 rings (SSSR count). The number of carbonyl (C=O) groups is 2. The normalized spacial score (nSPS) is 15.8. The van der Waals surface area contributed by atoms with E-state index in [1.165, 1.54) is 33.3 Å². The summed E-state index contributed by atoms with van der Waals surface area (Å²) >= 11 is 3.49. The van der Waals surface area contributed by atoms with E-state index in [0.29, 0.717) is 26.3 Å². The maximum Gasteiger partial charge on any atom is 0.330 e. The topological polar surface area (TPSA) is 65.6 Å². The highest BCUT2D eigenvalue weighted by Crippen LogP contribution is 2.48. The van der Waals surface area contributed by atoms with Crippen LogP contribution in [-0.4, -0.2) is 88.3 Å². The Kier molecular flexibility index (Phi) is 10.6. The first-order chi connectivity index (χ1) is 24.4. The molecule has 0 aromatic heterocycles. The number of nitrogens with zero attached hydrogens (tertiary/aromatic N) is 4. The van der Waals surface area contributed by atoms with Crippen LogP contribution < -0.4 is 9.80 Å². The van der Waals surface area contributed by atoms with Crippen LogP contribution in [-0.2, 0) is 19.1 Å². The van der Waals surface area contributed by atoms with E-state index in [1.54, 1.807) is 23.5 Å². The Labute approximate surface area is 302 Å². The number of rotatable bonds is 10. The molecule has 256 valence electrons. The lowest BCUT2D eigenvalue weighted by Crippen LogP contribution is -2.48. The van der Waals surface area contributed by atoms with Gasteiger partial charge in [0.2, 0.25) is 0 Å². The van der Waals surface area contributed by atoms with E-state index >= 15 is 0 Å². The first-order valence-electron chi connectivity index (χ1n) is 16.8. The van der Waals surface area contributed by atoms with E-state index in [4.69, 9.17) is 9.47 Å². The van der Waals surface area contributed by atoms with Crippen LogP contribution in [0.15, 0.2) is 117 Å². The molecule has 3 aliphatic heterocycles. The van der Waals surface area contributed by atoms with E-state index < -0.39 is 0 Å². The summed E-state index contributed by atoms with van der Waals surface area (Å²) in [6, 6.07) is 29.2. The molecular formula is C40H40N4O4S2. The Morgan fingerprint density at radius 3 is 1.42 bits per heavy atom. The standard InChI is InChI=1S/C40H40N4O4S2/c1-41-31-7-3-5-9-35(31)49-37-27-29(11-15-33(37)41)13-17-39(45)47-25-23-43-19-21-44(22-20-43)24-26-48-40(46)18-14-30-12-16-34-38(28-30)50-36-10-6-4-8-32(36)42(34)2/h3-18,27-28H,19-26H2,1-2H3/b17-13+,18-14+. The number of carbonyl (C=O) groups excluding carboxylic acids is 2. The number of ether oxygens (including phenoxy) is 2. The predicted octanol–water partition coefficient (Wildman–Crippen LogP) is 7.58. The molecule has 0 saturated carbocycles. The molecule has 0 N–H and O–H groups in total. The van der Waals surface area contributed by atoms with Crippen molar-refractivity contribution in [1.29, 1.82) is 0 Å². The molecule has 3 heterocycles. The number of anilines is 4. The van der Waals surface area contributed by atoms with Crippen LogP contribution in [0.3, 0.4) is 0 Å². The zero-order valence-electron chi connectivity index (χ0n) is 28.3. The van der Waals surface area contributed by atoms with Gasteiger partial charge < -0.3 is 19.3 Å². The second-order valence-electron chi connectivity index (χ2n) is 12.4. The van der Waals surface area contributed by atoms with Gasteiger partial charge in [-0.1, -0.05) is 59.9 Å². The number of piperazine rings is 1. The van der Waals surface area contributed by atoms with Crippen LogP contribution in [0, 0.1) is 0 Å². The third-order valence-corrected chi connectivity index (χ3v) is 11.4. The maximum absolute atomic E-state index is 12.4. The highest BCUT2D eigenvalue weighted by molar-refractivity contribution is 8.00. The summed E-state index contributed by atoms with van der Waals surface area (Å²) in [5.74, 6) is -0.674. The summed E-state index contributed by atoms with van der Waals surface area (Å²) in [5.41, 5.74) is 6.64. The van der Waals surface area contributed by atoms with Gasteiger partial charge in [-0.2, -0.15) is 0 Å². The first-order valence-corrected chi connectivity index (χ1v) is 18.5. The van der Waals surface area contributed by atoms with Gasteiger partial charge in [0.1, 0.15) is 13.2 Å². The Hall–Kier alpha value is -4.48. The fourth-order valence-corrected chi connectivity index (χ4v) is 8.73. The molecule has 3 aliphatic rings. The van der Waals surface area contributed by atoms with Gasteiger partial charge in [-0.15, -0.1) is 0 Å². The minimum atomic E-state index is -0.337. The number of hydrogen-bond acceptors (Lipinski definition) is 10. The second-order valence-corrected chi connectivity index (χ2v) is 14.6. The fraction of sp³-hybridized carbons (Fsp3) is 0.250. The van der Waals surface area contributed by atoms with Crippen molar-refractivity contribution in [3.8, 4) is 0 Å². The van der Waals surface area contributed by atoms with Crippen LogP contribution in [0.5, 0.6) is 0 Å². The van der Waals surface area contributed by atoms with Gasteiger partial charge in [-0.3, -0.25) is 9.80 Å². The summed E-state index contributed by atoms with van der Waals surface area (Å²) in [6.45, 7) is 5.59.